The van der Waals surface area contributed by atoms with Gasteiger partial charge in [-0.15, -0.1) is 24.0 Å². The van der Waals surface area contributed by atoms with E-state index in [1.54, 1.807) is 6.20 Å². The summed E-state index contributed by atoms with van der Waals surface area (Å²) in [5.74, 6) is 1.57. The lowest BCUT2D eigenvalue weighted by molar-refractivity contribution is 0.0992. The van der Waals surface area contributed by atoms with E-state index >= 15 is 0 Å². The molecule has 2 saturated heterocycles. The van der Waals surface area contributed by atoms with E-state index < -0.39 is 0 Å². The summed E-state index contributed by atoms with van der Waals surface area (Å²) in [6.07, 6.45) is 11.1. The molecule has 1 aromatic heterocycles. The third-order valence-electron chi connectivity index (χ3n) is 5.53. The maximum absolute atomic E-state index is 6.11. The zero-order chi connectivity index (χ0) is 17.1. The molecule has 1 saturated carbocycles. The van der Waals surface area contributed by atoms with E-state index in [1.807, 2.05) is 13.1 Å². The fourth-order valence-corrected chi connectivity index (χ4v) is 4.17. The molecule has 3 atom stereocenters. The van der Waals surface area contributed by atoms with Crippen LogP contribution in [-0.2, 0) is 11.3 Å². The van der Waals surface area contributed by atoms with E-state index in [2.05, 4.69) is 26.7 Å². The summed E-state index contributed by atoms with van der Waals surface area (Å²) < 4.78 is 12.0. The number of nitrogens with zero attached hydrogens (tertiary/aromatic N) is 2. The zero-order valence-corrected chi connectivity index (χ0v) is 17.6. The Hall–Kier alpha value is -1.09. The maximum Gasteiger partial charge on any atom is 0.218 e. The summed E-state index contributed by atoms with van der Waals surface area (Å²) in [5.41, 5.74) is 1.07. The Labute approximate surface area is 172 Å². The molecule has 3 fully saturated rings. The number of guanidine groups is 1. The average molecular weight is 472 g/mol. The summed E-state index contributed by atoms with van der Waals surface area (Å²) in [4.78, 5) is 8.80. The summed E-state index contributed by atoms with van der Waals surface area (Å²) in [6, 6.07) is 4.39. The monoisotopic (exact) mass is 472 g/mol. The Morgan fingerprint density at radius 3 is 2.85 bits per heavy atom. The highest BCUT2D eigenvalue weighted by Gasteiger charge is 2.41. The second kappa shape index (κ2) is 9.21. The number of hydrogen-bond donors (Lipinski definition) is 2. The van der Waals surface area contributed by atoms with Crippen LogP contribution in [0.5, 0.6) is 5.88 Å². The standard InChI is InChI=1S/C19H28N4O2.HI/c1-20-19(23-16-11-15-8-9-17(16)24-15)22-12-13-5-4-10-21-18(13)25-14-6-2-3-7-14;/h4-5,10,14-17H,2-3,6-9,11-12H2,1H3,(H2,20,22,23);1H. The lowest BCUT2D eigenvalue weighted by Gasteiger charge is -2.23. The molecule has 144 valence electrons. The van der Waals surface area contributed by atoms with E-state index in [-0.39, 0.29) is 24.0 Å². The van der Waals surface area contributed by atoms with Crippen LogP contribution in [-0.4, -0.2) is 42.3 Å². The molecule has 1 aromatic rings. The first-order chi connectivity index (χ1) is 12.3. The van der Waals surface area contributed by atoms with Crippen molar-refractivity contribution < 1.29 is 9.47 Å². The van der Waals surface area contributed by atoms with E-state index in [0.29, 0.717) is 30.9 Å². The number of rotatable bonds is 5. The highest BCUT2D eigenvalue weighted by Crippen LogP contribution is 2.34. The van der Waals surface area contributed by atoms with Gasteiger partial charge in [-0.2, -0.15) is 0 Å². The number of nitrogens with one attached hydrogen (secondary N) is 2. The normalized spacial score (nSPS) is 28.0. The minimum Gasteiger partial charge on any atom is -0.474 e. The predicted octanol–water partition coefficient (Wildman–Crippen LogP) is 3.01. The molecule has 7 heteroatoms. The van der Waals surface area contributed by atoms with Crippen molar-refractivity contribution in [3.63, 3.8) is 0 Å². The highest BCUT2D eigenvalue weighted by atomic mass is 127. The topological polar surface area (TPSA) is 67.8 Å². The van der Waals surface area contributed by atoms with Gasteiger partial charge >= 0.3 is 0 Å². The van der Waals surface area contributed by atoms with Gasteiger partial charge in [-0.3, -0.25) is 4.99 Å². The van der Waals surface area contributed by atoms with E-state index in [0.717, 1.165) is 43.1 Å². The third-order valence-corrected chi connectivity index (χ3v) is 5.53. The largest absolute Gasteiger partial charge is 0.474 e. The number of hydrogen-bond acceptors (Lipinski definition) is 4. The number of fused-ring (bicyclic) bond motifs is 2. The molecule has 3 heterocycles. The molecule has 4 rings (SSSR count). The van der Waals surface area contributed by atoms with Gasteiger partial charge in [0, 0.05) is 25.4 Å². The first-order valence-electron chi connectivity index (χ1n) is 9.55. The highest BCUT2D eigenvalue weighted by molar-refractivity contribution is 14.0. The molecule has 2 bridgehead atoms. The van der Waals surface area contributed by atoms with Gasteiger partial charge in [0.15, 0.2) is 5.96 Å². The van der Waals surface area contributed by atoms with Crippen LogP contribution in [0.3, 0.4) is 0 Å². The Kier molecular flexibility index (Phi) is 6.97. The van der Waals surface area contributed by atoms with Crippen LogP contribution in [0, 0.1) is 0 Å². The van der Waals surface area contributed by atoms with E-state index in [4.69, 9.17) is 9.47 Å². The van der Waals surface area contributed by atoms with Crippen LogP contribution in [0.25, 0.3) is 0 Å². The van der Waals surface area contributed by atoms with Crippen molar-refractivity contribution in [3.05, 3.63) is 23.9 Å². The number of aliphatic imine (C=N–C) groups is 1. The molecule has 0 aromatic carbocycles. The fourth-order valence-electron chi connectivity index (χ4n) is 4.17. The van der Waals surface area contributed by atoms with Crippen LogP contribution in [0.4, 0.5) is 0 Å². The van der Waals surface area contributed by atoms with Gasteiger partial charge in [-0.1, -0.05) is 6.07 Å². The molecule has 3 unspecified atom stereocenters. The first kappa shape index (κ1) is 19.7. The second-order valence-corrected chi connectivity index (χ2v) is 7.28. The Morgan fingerprint density at radius 2 is 2.15 bits per heavy atom. The van der Waals surface area contributed by atoms with Crippen molar-refractivity contribution in [2.75, 3.05) is 7.05 Å². The van der Waals surface area contributed by atoms with Gasteiger partial charge < -0.3 is 20.1 Å². The van der Waals surface area contributed by atoms with Crippen molar-refractivity contribution in [2.45, 2.75) is 75.8 Å². The molecule has 2 N–H and O–H groups in total. The molecule has 2 aliphatic heterocycles. The van der Waals surface area contributed by atoms with Crippen LogP contribution in [0.2, 0.25) is 0 Å². The Bertz CT molecular complexity index is 621. The average Bonchev–Trinajstić information content (AvgIpc) is 3.38. The SMILES string of the molecule is CN=C(NCc1cccnc1OC1CCCC1)NC1CC2CCC1O2.I. The van der Waals surface area contributed by atoms with Gasteiger partial charge in [-0.25, -0.2) is 4.98 Å². The third kappa shape index (κ3) is 4.60. The van der Waals surface area contributed by atoms with Crippen LogP contribution in [0.1, 0.15) is 50.5 Å². The number of aromatic nitrogens is 1. The van der Waals surface area contributed by atoms with Crippen molar-refractivity contribution in [2.24, 2.45) is 4.99 Å². The predicted molar refractivity (Wildman–Crippen MR) is 112 cm³/mol. The van der Waals surface area contributed by atoms with Crippen molar-refractivity contribution in [1.29, 1.82) is 0 Å². The Balaban J connectivity index is 0.00000196. The summed E-state index contributed by atoms with van der Waals surface area (Å²) in [7, 11) is 1.81. The first-order valence-corrected chi connectivity index (χ1v) is 9.55. The molecular formula is C19H29IN4O2. The van der Waals surface area contributed by atoms with Gasteiger partial charge in [0.2, 0.25) is 5.88 Å². The number of halogens is 1. The van der Waals surface area contributed by atoms with Crippen molar-refractivity contribution in [3.8, 4) is 5.88 Å². The maximum atomic E-state index is 6.11. The lowest BCUT2D eigenvalue weighted by Crippen LogP contribution is -2.47. The molecule has 0 spiro atoms. The smallest absolute Gasteiger partial charge is 0.218 e. The second-order valence-electron chi connectivity index (χ2n) is 7.28. The zero-order valence-electron chi connectivity index (χ0n) is 15.3. The summed E-state index contributed by atoms with van der Waals surface area (Å²) >= 11 is 0. The number of pyridine rings is 1. The van der Waals surface area contributed by atoms with Gasteiger partial charge in [0.1, 0.15) is 6.10 Å². The van der Waals surface area contributed by atoms with Crippen LogP contribution >= 0.6 is 24.0 Å². The van der Waals surface area contributed by atoms with Gasteiger partial charge in [-0.05, 0) is 51.0 Å². The minimum atomic E-state index is 0. The minimum absolute atomic E-state index is 0. The molecule has 1 aliphatic carbocycles. The fraction of sp³-hybridized carbons (Fsp3) is 0.684. The van der Waals surface area contributed by atoms with Gasteiger partial charge in [0.05, 0.1) is 18.2 Å². The number of ether oxygens (including phenoxy) is 2. The molecule has 6 nitrogen and oxygen atoms in total. The molecule has 0 amide bonds. The molecule has 3 aliphatic rings. The summed E-state index contributed by atoms with van der Waals surface area (Å²) in [6.45, 7) is 0.650. The Morgan fingerprint density at radius 1 is 1.31 bits per heavy atom. The van der Waals surface area contributed by atoms with E-state index in [1.165, 1.54) is 19.3 Å². The molecule has 0 radical (unpaired) electrons. The van der Waals surface area contributed by atoms with Crippen molar-refractivity contribution >= 4 is 29.9 Å². The quantitative estimate of drug-likeness (QED) is 0.392. The lowest BCUT2D eigenvalue weighted by atomic mass is 9.96. The molecule has 26 heavy (non-hydrogen) atoms. The van der Waals surface area contributed by atoms with Crippen LogP contribution < -0.4 is 15.4 Å². The van der Waals surface area contributed by atoms with Gasteiger partial charge in [0.25, 0.3) is 0 Å². The van der Waals surface area contributed by atoms with Crippen LogP contribution in [0.15, 0.2) is 23.3 Å². The molecular weight excluding hydrogens is 443 g/mol. The van der Waals surface area contributed by atoms with Crippen molar-refractivity contribution in [1.82, 2.24) is 15.6 Å². The summed E-state index contributed by atoms with van der Waals surface area (Å²) in [5, 5.41) is 6.91. The van der Waals surface area contributed by atoms with E-state index in [9.17, 15) is 0 Å².